The molecule has 0 aliphatic carbocycles. The zero-order valence-electron chi connectivity index (χ0n) is 8.48. The second kappa shape index (κ2) is 4.39. The number of carboxylic acids is 1. The maximum atomic E-state index is 12.0. The van der Waals surface area contributed by atoms with Crippen molar-refractivity contribution in [2.24, 2.45) is 0 Å². The van der Waals surface area contributed by atoms with E-state index in [0.717, 1.165) is 0 Å². The molecule has 2 rings (SSSR count). The number of aromatic amines is 1. The molecule has 0 saturated heterocycles. The average molecular weight is 251 g/mol. The molecule has 5 nitrogen and oxygen atoms in total. The van der Waals surface area contributed by atoms with E-state index in [2.05, 4.69) is 9.97 Å². The molecule has 0 spiro atoms. The number of hydrogen-bond acceptors (Lipinski definition) is 3. The van der Waals surface area contributed by atoms with Gasteiger partial charge in [0, 0.05) is 12.4 Å². The summed E-state index contributed by atoms with van der Waals surface area (Å²) in [5.41, 5.74) is 0.415. The summed E-state index contributed by atoms with van der Waals surface area (Å²) in [5, 5.41) is 8.82. The summed E-state index contributed by atoms with van der Waals surface area (Å²) < 4.78 is 0. The van der Waals surface area contributed by atoms with E-state index in [0.29, 0.717) is 0 Å². The summed E-state index contributed by atoms with van der Waals surface area (Å²) in [6, 6.07) is 4.37. The van der Waals surface area contributed by atoms with Crippen molar-refractivity contribution in [1.29, 1.82) is 0 Å². The fraction of sp³-hybridized carbons (Fsp3) is 0. The third-order valence-corrected chi connectivity index (χ3v) is 2.48. The Kier molecular flexibility index (Phi) is 2.93. The van der Waals surface area contributed by atoms with Crippen LogP contribution in [0.3, 0.4) is 0 Å². The van der Waals surface area contributed by atoms with Gasteiger partial charge in [-0.25, -0.2) is 9.78 Å². The van der Waals surface area contributed by atoms with Crippen LogP contribution in [0.15, 0.2) is 30.6 Å². The van der Waals surface area contributed by atoms with E-state index in [1.807, 2.05) is 0 Å². The molecule has 0 fully saturated rings. The number of rotatable bonds is 3. The first kappa shape index (κ1) is 11.3. The maximum Gasteiger partial charge on any atom is 0.337 e. The molecule has 0 saturated carbocycles. The number of halogens is 1. The molecule has 17 heavy (non-hydrogen) atoms. The Morgan fingerprint density at radius 1 is 1.41 bits per heavy atom. The third kappa shape index (κ3) is 2.19. The van der Waals surface area contributed by atoms with Crippen LogP contribution in [0.25, 0.3) is 0 Å². The van der Waals surface area contributed by atoms with Crippen molar-refractivity contribution < 1.29 is 14.7 Å². The molecule has 86 valence electrons. The van der Waals surface area contributed by atoms with Crippen LogP contribution in [0.4, 0.5) is 0 Å². The van der Waals surface area contributed by atoms with Crippen LogP contribution in [0.1, 0.15) is 26.4 Å². The highest BCUT2D eigenvalue weighted by Gasteiger charge is 2.16. The van der Waals surface area contributed by atoms with Crippen LogP contribution in [-0.2, 0) is 0 Å². The zero-order valence-corrected chi connectivity index (χ0v) is 9.23. The molecule has 2 aromatic rings. The molecule has 0 atom stereocenters. The minimum Gasteiger partial charge on any atom is -0.478 e. The number of hydrogen-bond donors (Lipinski definition) is 2. The third-order valence-electron chi connectivity index (χ3n) is 2.18. The summed E-state index contributed by atoms with van der Waals surface area (Å²) in [4.78, 5) is 29.0. The van der Waals surface area contributed by atoms with Gasteiger partial charge >= 0.3 is 5.97 Å². The fourth-order valence-corrected chi connectivity index (χ4v) is 1.55. The molecular formula is C11H7ClN2O3. The lowest BCUT2D eigenvalue weighted by Crippen LogP contribution is -2.03. The van der Waals surface area contributed by atoms with Crippen LogP contribution in [0.2, 0.25) is 5.15 Å². The molecule has 0 radical (unpaired) electrons. The van der Waals surface area contributed by atoms with Crippen molar-refractivity contribution in [1.82, 2.24) is 9.97 Å². The van der Waals surface area contributed by atoms with Gasteiger partial charge in [-0.1, -0.05) is 11.6 Å². The Morgan fingerprint density at radius 2 is 2.18 bits per heavy atom. The van der Waals surface area contributed by atoms with Crippen LogP contribution in [-0.4, -0.2) is 26.8 Å². The number of carboxylic acid groups (broad SMARTS) is 1. The number of carbonyl (C=O) groups excluding carboxylic acids is 1. The van der Waals surface area contributed by atoms with E-state index < -0.39 is 11.8 Å². The van der Waals surface area contributed by atoms with E-state index in [-0.39, 0.29) is 22.0 Å². The summed E-state index contributed by atoms with van der Waals surface area (Å²) >= 11 is 5.78. The number of ketones is 1. The SMILES string of the molecule is O=C(O)c1c[nH]c(C(=O)c2cccnc2Cl)c1. The number of nitrogens with one attached hydrogen (secondary N) is 1. The molecule has 0 unspecified atom stereocenters. The maximum absolute atomic E-state index is 12.0. The number of H-pyrrole nitrogens is 1. The predicted molar refractivity (Wildman–Crippen MR) is 60.4 cm³/mol. The van der Waals surface area contributed by atoms with E-state index in [1.54, 1.807) is 6.07 Å². The molecule has 0 aliphatic heterocycles. The second-order valence-electron chi connectivity index (χ2n) is 3.28. The number of carbonyl (C=O) groups is 2. The van der Waals surface area contributed by atoms with Gasteiger partial charge in [-0.2, -0.15) is 0 Å². The summed E-state index contributed by atoms with van der Waals surface area (Å²) in [5.74, 6) is -1.49. The lowest BCUT2D eigenvalue weighted by Gasteiger charge is -1.99. The quantitative estimate of drug-likeness (QED) is 0.645. The van der Waals surface area contributed by atoms with Crippen molar-refractivity contribution >= 4 is 23.4 Å². The Labute approximate surface area is 101 Å². The molecule has 0 aliphatic rings. The number of pyridine rings is 1. The standard InChI is InChI=1S/C11H7ClN2O3/c12-10-7(2-1-3-13-10)9(15)8-4-6(5-14-8)11(16)17/h1-5,14H,(H,16,17). The summed E-state index contributed by atoms with van der Waals surface area (Å²) in [6.45, 7) is 0. The molecule has 6 heteroatoms. The minimum absolute atomic E-state index is 0.0216. The molecule has 0 bridgehead atoms. The Hall–Kier alpha value is -2.14. The highest BCUT2D eigenvalue weighted by Crippen LogP contribution is 2.16. The van der Waals surface area contributed by atoms with E-state index in [1.165, 1.54) is 24.5 Å². The summed E-state index contributed by atoms with van der Waals surface area (Å²) in [7, 11) is 0. The van der Waals surface area contributed by atoms with E-state index in [9.17, 15) is 9.59 Å². The van der Waals surface area contributed by atoms with Gasteiger partial charge in [0.15, 0.2) is 0 Å². The van der Waals surface area contributed by atoms with Gasteiger partial charge in [-0.3, -0.25) is 4.79 Å². The normalized spacial score (nSPS) is 10.2. The van der Waals surface area contributed by atoms with Crippen LogP contribution >= 0.6 is 11.6 Å². The average Bonchev–Trinajstić information content (AvgIpc) is 2.78. The lowest BCUT2D eigenvalue weighted by atomic mass is 10.1. The molecule has 2 aromatic heterocycles. The van der Waals surface area contributed by atoms with Crippen molar-refractivity contribution in [3.8, 4) is 0 Å². The van der Waals surface area contributed by atoms with Crippen molar-refractivity contribution in [3.63, 3.8) is 0 Å². The number of nitrogens with zero attached hydrogens (tertiary/aromatic N) is 1. The molecular weight excluding hydrogens is 244 g/mol. The topological polar surface area (TPSA) is 83.0 Å². The smallest absolute Gasteiger partial charge is 0.337 e. The second-order valence-corrected chi connectivity index (χ2v) is 3.64. The molecule has 2 N–H and O–H groups in total. The van der Waals surface area contributed by atoms with Crippen molar-refractivity contribution in [3.05, 3.63) is 52.6 Å². The van der Waals surface area contributed by atoms with Gasteiger partial charge < -0.3 is 10.1 Å². The molecule has 0 aromatic carbocycles. The number of aromatic carboxylic acids is 1. The Bertz CT molecular complexity index is 592. The van der Waals surface area contributed by atoms with Gasteiger partial charge in [0.05, 0.1) is 16.8 Å². The number of aromatic nitrogens is 2. The monoisotopic (exact) mass is 250 g/mol. The van der Waals surface area contributed by atoms with Crippen molar-refractivity contribution in [2.75, 3.05) is 0 Å². The van der Waals surface area contributed by atoms with Gasteiger partial charge in [0.2, 0.25) is 5.78 Å². The van der Waals surface area contributed by atoms with Gasteiger partial charge in [0.25, 0.3) is 0 Å². The Morgan fingerprint density at radius 3 is 2.76 bits per heavy atom. The van der Waals surface area contributed by atoms with Crippen LogP contribution < -0.4 is 0 Å². The first-order chi connectivity index (χ1) is 8.09. The molecule has 2 heterocycles. The fourth-order valence-electron chi connectivity index (χ4n) is 1.35. The van der Waals surface area contributed by atoms with Gasteiger partial charge in [-0.05, 0) is 18.2 Å². The zero-order chi connectivity index (χ0) is 12.4. The van der Waals surface area contributed by atoms with Crippen LogP contribution in [0, 0.1) is 0 Å². The van der Waals surface area contributed by atoms with E-state index >= 15 is 0 Å². The van der Waals surface area contributed by atoms with E-state index in [4.69, 9.17) is 16.7 Å². The molecule has 0 amide bonds. The largest absolute Gasteiger partial charge is 0.478 e. The minimum atomic E-state index is -1.10. The summed E-state index contributed by atoms with van der Waals surface area (Å²) in [6.07, 6.45) is 2.72. The lowest BCUT2D eigenvalue weighted by molar-refractivity contribution is 0.0697. The highest BCUT2D eigenvalue weighted by atomic mass is 35.5. The highest BCUT2D eigenvalue weighted by molar-refractivity contribution is 6.33. The Balaban J connectivity index is 2.37. The first-order valence-electron chi connectivity index (χ1n) is 4.66. The first-order valence-corrected chi connectivity index (χ1v) is 5.04. The predicted octanol–water partition coefficient (Wildman–Crippen LogP) is 1.99. The van der Waals surface area contributed by atoms with Gasteiger partial charge in [-0.15, -0.1) is 0 Å². The van der Waals surface area contributed by atoms with Crippen molar-refractivity contribution in [2.45, 2.75) is 0 Å². The van der Waals surface area contributed by atoms with Gasteiger partial charge in [0.1, 0.15) is 5.15 Å². The van der Waals surface area contributed by atoms with Crippen LogP contribution in [0.5, 0.6) is 0 Å².